The van der Waals surface area contributed by atoms with Crippen molar-refractivity contribution in [1.82, 2.24) is 4.90 Å². The fourth-order valence-electron chi connectivity index (χ4n) is 3.83. The summed E-state index contributed by atoms with van der Waals surface area (Å²) >= 11 is 0. The number of carbonyl (C=O) groups is 2. The van der Waals surface area contributed by atoms with Crippen molar-refractivity contribution in [1.29, 1.82) is 0 Å². The van der Waals surface area contributed by atoms with Crippen LogP contribution in [-0.4, -0.2) is 56.5 Å². The zero-order valence-electron chi connectivity index (χ0n) is 14.2. The number of morpholine rings is 1. The number of carbonyl (C=O) groups excluding carboxylic acids is 2. The second kappa shape index (κ2) is 6.84. The topological polar surface area (TPSA) is 49.9 Å². The summed E-state index contributed by atoms with van der Waals surface area (Å²) in [6.45, 7) is 4.35. The molecule has 5 heteroatoms. The molecule has 2 aliphatic heterocycles. The van der Waals surface area contributed by atoms with E-state index < -0.39 is 0 Å². The van der Waals surface area contributed by atoms with Gasteiger partial charge in [0.15, 0.2) is 6.29 Å². The molecule has 0 bridgehead atoms. The Bertz CT molecular complexity index is 799. The summed E-state index contributed by atoms with van der Waals surface area (Å²) in [4.78, 5) is 28.1. The first kappa shape index (κ1) is 16.1. The summed E-state index contributed by atoms with van der Waals surface area (Å²) in [5.41, 5.74) is 1.83. The first-order valence-corrected chi connectivity index (χ1v) is 8.86. The Morgan fingerprint density at radius 2 is 1.96 bits per heavy atom. The van der Waals surface area contributed by atoms with E-state index in [0.29, 0.717) is 31.9 Å². The van der Waals surface area contributed by atoms with E-state index in [4.69, 9.17) is 4.74 Å². The lowest BCUT2D eigenvalue weighted by molar-refractivity contribution is -0.138. The van der Waals surface area contributed by atoms with Crippen LogP contribution in [0.3, 0.4) is 0 Å². The third-order valence-electron chi connectivity index (χ3n) is 5.25. The molecule has 1 amide bonds. The molecule has 0 aliphatic carbocycles. The molecule has 0 aromatic heterocycles. The second-order valence-electron chi connectivity index (χ2n) is 6.74. The SMILES string of the molecule is O=Cc1cccc2cc(N3CCC(C(=O)N4CCOCC4)C3)ccc12. The van der Waals surface area contributed by atoms with E-state index in [-0.39, 0.29) is 11.8 Å². The van der Waals surface area contributed by atoms with Gasteiger partial charge in [0.2, 0.25) is 5.91 Å². The Labute approximate surface area is 147 Å². The third-order valence-corrected chi connectivity index (χ3v) is 5.25. The predicted molar refractivity (Wildman–Crippen MR) is 97.1 cm³/mol. The van der Waals surface area contributed by atoms with Gasteiger partial charge in [-0.05, 0) is 29.3 Å². The van der Waals surface area contributed by atoms with Gasteiger partial charge < -0.3 is 14.5 Å². The molecule has 2 aliphatic rings. The number of hydrogen-bond acceptors (Lipinski definition) is 4. The molecule has 0 N–H and O–H groups in total. The number of rotatable bonds is 3. The van der Waals surface area contributed by atoms with Crippen LogP contribution in [0.5, 0.6) is 0 Å². The molecule has 2 heterocycles. The monoisotopic (exact) mass is 338 g/mol. The van der Waals surface area contributed by atoms with Crippen molar-refractivity contribution >= 4 is 28.7 Å². The molecule has 0 saturated carbocycles. The van der Waals surface area contributed by atoms with Gasteiger partial charge in [-0.1, -0.05) is 24.3 Å². The van der Waals surface area contributed by atoms with E-state index in [1.165, 1.54) is 0 Å². The molecule has 25 heavy (non-hydrogen) atoms. The zero-order chi connectivity index (χ0) is 17.2. The Kier molecular flexibility index (Phi) is 4.40. The summed E-state index contributed by atoms with van der Waals surface area (Å²) in [6, 6.07) is 11.9. The van der Waals surface area contributed by atoms with Gasteiger partial charge in [-0.15, -0.1) is 0 Å². The molecule has 1 atom stereocenters. The van der Waals surface area contributed by atoms with Crippen LogP contribution < -0.4 is 4.90 Å². The van der Waals surface area contributed by atoms with Gasteiger partial charge in [0.05, 0.1) is 19.1 Å². The summed E-state index contributed by atoms with van der Waals surface area (Å²) in [5.74, 6) is 0.324. The second-order valence-corrected chi connectivity index (χ2v) is 6.74. The van der Waals surface area contributed by atoms with Crippen molar-refractivity contribution in [3.05, 3.63) is 42.0 Å². The molecule has 0 spiro atoms. The number of ether oxygens (including phenoxy) is 1. The van der Waals surface area contributed by atoms with Crippen molar-refractivity contribution in [3.63, 3.8) is 0 Å². The van der Waals surface area contributed by atoms with Crippen LogP contribution in [0.2, 0.25) is 0 Å². The van der Waals surface area contributed by atoms with Crippen molar-refractivity contribution in [3.8, 4) is 0 Å². The minimum atomic E-state index is 0.0649. The molecule has 0 radical (unpaired) electrons. The van der Waals surface area contributed by atoms with Crippen LogP contribution in [0.25, 0.3) is 10.8 Å². The average molecular weight is 338 g/mol. The molecule has 5 nitrogen and oxygen atoms in total. The van der Waals surface area contributed by atoms with Gasteiger partial charge in [-0.3, -0.25) is 9.59 Å². The molecule has 2 saturated heterocycles. The van der Waals surface area contributed by atoms with E-state index in [1.807, 2.05) is 29.2 Å². The van der Waals surface area contributed by atoms with Crippen LogP contribution >= 0.6 is 0 Å². The highest BCUT2D eigenvalue weighted by Crippen LogP contribution is 2.29. The molecule has 2 aromatic carbocycles. The van der Waals surface area contributed by atoms with E-state index in [0.717, 1.165) is 42.3 Å². The highest BCUT2D eigenvalue weighted by Gasteiger charge is 2.32. The maximum Gasteiger partial charge on any atom is 0.227 e. The number of amides is 1. The Morgan fingerprint density at radius 1 is 1.12 bits per heavy atom. The number of benzene rings is 2. The molecular formula is C20H22N2O3. The average Bonchev–Trinajstić information content (AvgIpc) is 3.17. The van der Waals surface area contributed by atoms with Crippen molar-refractivity contribution < 1.29 is 14.3 Å². The summed E-state index contributed by atoms with van der Waals surface area (Å²) in [5, 5.41) is 2.03. The van der Waals surface area contributed by atoms with E-state index in [2.05, 4.69) is 17.0 Å². The molecule has 2 fully saturated rings. The molecule has 130 valence electrons. The van der Waals surface area contributed by atoms with Gasteiger partial charge in [0.1, 0.15) is 0 Å². The van der Waals surface area contributed by atoms with Crippen LogP contribution in [0.4, 0.5) is 5.69 Å². The maximum absolute atomic E-state index is 12.7. The quantitative estimate of drug-likeness (QED) is 0.806. The standard InChI is InChI=1S/C20H22N2O3/c23-14-17-3-1-2-15-12-18(4-5-19(15)17)22-7-6-16(13-22)20(24)21-8-10-25-11-9-21/h1-5,12,14,16H,6-11,13H2. The van der Waals surface area contributed by atoms with Gasteiger partial charge >= 0.3 is 0 Å². The first-order chi connectivity index (χ1) is 12.3. The molecule has 4 rings (SSSR count). The fraction of sp³-hybridized carbons (Fsp3) is 0.400. The van der Waals surface area contributed by atoms with E-state index in [9.17, 15) is 9.59 Å². The number of nitrogens with zero attached hydrogens (tertiary/aromatic N) is 2. The van der Waals surface area contributed by atoms with Crippen LogP contribution in [0.1, 0.15) is 16.8 Å². The normalized spacial score (nSPS) is 20.9. The van der Waals surface area contributed by atoms with Gasteiger partial charge in [-0.25, -0.2) is 0 Å². The van der Waals surface area contributed by atoms with Crippen molar-refractivity contribution in [2.75, 3.05) is 44.3 Å². The molecular weight excluding hydrogens is 316 g/mol. The smallest absolute Gasteiger partial charge is 0.227 e. The van der Waals surface area contributed by atoms with E-state index >= 15 is 0 Å². The number of fused-ring (bicyclic) bond motifs is 1. The van der Waals surface area contributed by atoms with Gasteiger partial charge in [-0.2, -0.15) is 0 Å². The number of hydrogen-bond donors (Lipinski definition) is 0. The predicted octanol–water partition coefficient (Wildman–Crippen LogP) is 2.34. The van der Waals surface area contributed by atoms with Crippen molar-refractivity contribution in [2.24, 2.45) is 5.92 Å². The summed E-state index contributed by atoms with van der Waals surface area (Å²) in [7, 11) is 0. The third kappa shape index (κ3) is 3.12. The Morgan fingerprint density at radius 3 is 2.76 bits per heavy atom. The summed E-state index contributed by atoms with van der Waals surface area (Å²) in [6.07, 6.45) is 1.79. The maximum atomic E-state index is 12.7. The van der Waals surface area contributed by atoms with Crippen molar-refractivity contribution in [2.45, 2.75) is 6.42 Å². The van der Waals surface area contributed by atoms with Gasteiger partial charge in [0.25, 0.3) is 0 Å². The van der Waals surface area contributed by atoms with Gasteiger partial charge in [0, 0.05) is 37.4 Å². The lowest BCUT2D eigenvalue weighted by Gasteiger charge is -2.29. The Hall–Kier alpha value is -2.40. The number of anilines is 1. The minimum Gasteiger partial charge on any atom is -0.378 e. The lowest BCUT2D eigenvalue weighted by Crippen LogP contribution is -2.44. The molecule has 2 aromatic rings. The minimum absolute atomic E-state index is 0.0649. The Balaban J connectivity index is 1.50. The number of aldehydes is 1. The van der Waals surface area contributed by atoms with Crippen LogP contribution in [-0.2, 0) is 9.53 Å². The van der Waals surface area contributed by atoms with Crippen LogP contribution in [0.15, 0.2) is 36.4 Å². The highest BCUT2D eigenvalue weighted by molar-refractivity contribution is 5.99. The van der Waals surface area contributed by atoms with E-state index in [1.54, 1.807) is 0 Å². The fourth-order valence-corrected chi connectivity index (χ4v) is 3.83. The van der Waals surface area contributed by atoms with Crippen LogP contribution in [0, 0.1) is 5.92 Å². The largest absolute Gasteiger partial charge is 0.378 e. The first-order valence-electron chi connectivity index (χ1n) is 8.86. The molecule has 1 unspecified atom stereocenters. The summed E-state index contributed by atoms with van der Waals surface area (Å²) < 4.78 is 5.33. The zero-order valence-corrected chi connectivity index (χ0v) is 14.2. The highest BCUT2D eigenvalue weighted by atomic mass is 16.5. The lowest BCUT2D eigenvalue weighted by atomic mass is 10.0.